The highest BCUT2D eigenvalue weighted by Crippen LogP contribution is 2.18. The first-order chi connectivity index (χ1) is 10.1. The molecular weight excluding hydrogens is 264 g/mol. The molecule has 0 saturated heterocycles. The van der Waals surface area contributed by atoms with Gasteiger partial charge in [-0.05, 0) is 5.92 Å². The van der Waals surface area contributed by atoms with E-state index < -0.39 is 0 Å². The average Bonchev–Trinajstić information content (AvgIpc) is 2.47. The van der Waals surface area contributed by atoms with E-state index in [1.807, 2.05) is 30.3 Å². The molecule has 5 heteroatoms. The van der Waals surface area contributed by atoms with Crippen molar-refractivity contribution in [1.29, 1.82) is 0 Å². The Morgan fingerprint density at radius 1 is 1.19 bits per heavy atom. The van der Waals surface area contributed by atoms with Crippen LogP contribution in [-0.4, -0.2) is 29.7 Å². The number of aromatic nitrogens is 2. The molecule has 0 amide bonds. The number of hydrogen-bond acceptors (Lipinski definition) is 5. The van der Waals surface area contributed by atoms with Crippen LogP contribution in [0.25, 0.3) is 11.4 Å². The number of nitrogens with zero attached hydrogens (tertiary/aromatic N) is 2. The first-order valence-electron chi connectivity index (χ1n) is 7.16. The fourth-order valence-corrected chi connectivity index (χ4v) is 1.84. The maximum Gasteiger partial charge on any atom is 0.163 e. The summed E-state index contributed by atoms with van der Waals surface area (Å²) < 4.78 is 5.52. The van der Waals surface area contributed by atoms with E-state index in [0.29, 0.717) is 30.7 Å². The lowest BCUT2D eigenvalue weighted by atomic mass is 10.2. The van der Waals surface area contributed by atoms with Gasteiger partial charge in [-0.2, -0.15) is 0 Å². The van der Waals surface area contributed by atoms with Gasteiger partial charge in [-0.1, -0.05) is 44.2 Å². The van der Waals surface area contributed by atoms with E-state index >= 15 is 0 Å². The molecule has 0 radical (unpaired) electrons. The lowest BCUT2D eigenvalue weighted by Gasteiger charge is -2.10. The summed E-state index contributed by atoms with van der Waals surface area (Å²) in [5.74, 6) is 2.34. The third kappa shape index (κ3) is 5.04. The number of nitrogens with two attached hydrogens (primary N) is 1. The minimum absolute atomic E-state index is 0.453. The second kappa shape index (κ2) is 7.59. The van der Waals surface area contributed by atoms with Gasteiger partial charge in [0.15, 0.2) is 5.82 Å². The summed E-state index contributed by atoms with van der Waals surface area (Å²) in [6.45, 7) is 6.36. The van der Waals surface area contributed by atoms with E-state index in [1.165, 1.54) is 0 Å². The second-order valence-corrected chi connectivity index (χ2v) is 5.26. The van der Waals surface area contributed by atoms with Crippen molar-refractivity contribution >= 4 is 11.6 Å². The molecule has 3 N–H and O–H groups in total. The second-order valence-electron chi connectivity index (χ2n) is 5.26. The van der Waals surface area contributed by atoms with Crippen molar-refractivity contribution in [3.05, 3.63) is 36.4 Å². The lowest BCUT2D eigenvalue weighted by Crippen LogP contribution is -2.13. The van der Waals surface area contributed by atoms with Crippen molar-refractivity contribution in [2.24, 2.45) is 5.92 Å². The number of ether oxygens (including phenoxy) is 1. The average molecular weight is 286 g/mol. The molecule has 1 aromatic carbocycles. The van der Waals surface area contributed by atoms with Crippen LogP contribution in [0.4, 0.5) is 11.6 Å². The molecule has 2 rings (SSSR count). The van der Waals surface area contributed by atoms with Gasteiger partial charge in [0.2, 0.25) is 0 Å². The number of nitrogen functional groups attached to an aromatic ring is 1. The quantitative estimate of drug-likeness (QED) is 0.766. The SMILES string of the molecule is CC(C)COCCNc1cc(N)nc(-c2ccccc2)n1. The van der Waals surface area contributed by atoms with Gasteiger partial charge in [0, 0.05) is 24.8 Å². The molecule has 0 aliphatic carbocycles. The van der Waals surface area contributed by atoms with Crippen LogP contribution in [0, 0.1) is 5.92 Å². The number of hydrogen-bond donors (Lipinski definition) is 2. The highest BCUT2D eigenvalue weighted by molar-refractivity contribution is 5.60. The summed E-state index contributed by atoms with van der Waals surface area (Å²) >= 11 is 0. The summed E-state index contributed by atoms with van der Waals surface area (Å²) in [7, 11) is 0. The maximum absolute atomic E-state index is 5.84. The highest BCUT2D eigenvalue weighted by atomic mass is 16.5. The van der Waals surface area contributed by atoms with Crippen LogP contribution < -0.4 is 11.1 Å². The Morgan fingerprint density at radius 3 is 2.67 bits per heavy atom. The molecule has 0 aliphatic rings. The van der Waals surface area contributed by atoms with E-state index in [4.69, 9.17) is 10.5 Å². The predicted molar refractivity (Wildman–Crippen MR) is 86.0 cm³/mol. The molecule has 21 heavy (non-hydrogen) atoms. The van der Waals surface area contributed by atoms with E-state index in [2.05, 4.69) is 29.1 Å². The Hall–Kier alpha value is -2.14. The zero-order chi connectivity index (χ0) is 15.1. The zero-order valence-corrected chi connectivity index (χ0v) is 12.5. The summed E-state index contributed by atoms with van der Waals surface area (Å²) in [4.78, 5) is 8.75. The molecule has 0 bridgehead atoms. The molecule has 5 nitrogen and oxygen atoms in total. The number of rotatable bonds is 7. The van der Waals surface area contributed by atoms with Gasteiger partial charge in [0.25, 0.3) is 0 Å². The van der Waals surface area contributed by atoms with Gasteiger partial charge in [-0.15, -0.1) is 0 Å². The Kier molecular flexibility index (Phi) is 5.51. The summed E-state index contributed by atoms with van der Waals surface area (Å²) in [5, 5.41) is 3.21. The van der Waals surface area contributed by atoms with E-state index in [9.17, 15) is 0 Å². The number of nitrogens with one attached hydrogen (secondary N) is 1. The number of benzene rings is 1. The molecule has 2 aromatic rings. The molecular formula is C16H22N4O. The molecule has 0 aliphatic heterocycles. The van der Waals surface area contributed by atoms with Gasteiger partial charge < -0.3 is 15.8 Å². The molecule has 0 unspecified atom stereocenters. The fraction of sp³-hybridized carbons (Fsp3) is 0.375. The molecule has 112 valence electrons. The lowest BCUT2D eigenvalue weighted by molar-refractivity contribution is 0.118. The molecule has 1 heterocycles. The summed E-state index contributed by atoms with van der Waals surface area (Å²) in [6, 6.07) is 11.5. The first kappa shape index (κ1) is 15.3. The fourth-order valence-electron chi connectivity index (χ4n) is 1.84. The third-order valence-electron chi connectivity index (χ3n) is 2.78. The summed E-state index contributed by atoms with van der Waals surface area (Å²) in [6.07, 6.45) is 0. The molecule has 0 spiro atoms. The normalized spacial score (nSPS) is 10.8. The minimum atomic E-state index is 0.453. The van der Waals surface area contributed by atoms with Gasteiger partial charge in [-0.3, -0.25) is 0 Å². The van der Waals surface area contributed by atoms with Crippen molar-refractivity contribution in [1.82, 2.24) is 9.97 Å². The standard InChI is InChI=1S/C16H22N4O/c1-12(2)11-21-9-8-18-15-10-14(17)19-16(20-15)13-6-4-3-5-7-13/h3-7,10,12H,8-9,11H2,1-2H3,(H3,17,18,19,20). The minimum Gasteiger partial charge on any atom is -0.384 e. The molecule has 0 fully saturated rings. The van der Waals surface area contributed by atoms with Gasteiger partial charge in [-0.25, -0.2) is 9.97 Å². The number of anilines is 2. The highest BCUT2D eigenvalue weighted by Gasteiger charge is 2.04. The topological polar surface area (TPSA) is 73.1 Å². The van der Waals surface area contributed by atoms with Gasteiger partial charge >= 0.3 is 0 Å². The van der Waals surface area contributed by atoms with Crippen molar-refractivity contribution in [2.45, 2.75) is 13.8 Å². The summed E-state index contributed by atoms with van der Waals surface area (Å²) in [5.41, 5.74) is 6.79. The Balaban J connectivity index is 1.96. The van der Waals surface area contributed by atoms with Crippen molar-refractivity contribution in [2.75, 3.05) is 30.8 Å². The molecule has 0 atom stereocenters. The monoisotopic (exact) mass is 286 g/mol. The Bertz CT molecular complexity index is 557. The van der Waals surface area contributed by atoms with Crippen LogP contribution in [0.1, 0.15) is 13.8 Å². The van der Waals surface area contributed by atoms with Crippen LogP contribution in [0.5, 0.6) is 0 Å². The maximum atomic E-state index is 5.84. The van der Waals surface area contributed by atoms with Crippen LogP contribution in [0.3, 0.4) is 0 Å². The molecule has 0 saturated carbocycles. The largest absolute Gasteiger partial charge is 0.384 e. The first-order valence-corrected chi connectivity index (χ1v) is 7.16. The van der Waals surface area contributed by atoms with Crippen LogP contribution in [0.2, 0.25) is 0 Å². The van der Waals surface area contributed by atoms with E-state index in [-0.39, 0.29) is 0 Å². The van der Waals surface area contributed by atoms with Crippen molar-refractivity contribution in [3.63, 3.8) is 0 Å². The molecule has 1 aromatic heterocycles. The van der Waals surface area contributed by atoms with Crippen LogP contribution >= 0.6 is 0 Å². The van der Waals surface area contributed by atoms with Crippen LogP contribution in [0.15, 0.2) is 36.4 Å². The van der Waals surface area contributed by atoms with Gasteiger partial charge in [0.1, 0.15) is 11.6 Å². The van der Waals surface area contributed by atoms with Crippen LogP contribution in [-0.2, 0) is 4.74 Å². The Labute approximate surface area is 125 Å². The third-order valence-corrected chi connectivity index (χ3v) is 2.78. The van der Waals surface area contributed by atoms with Crippen molar-refractivity contribution in [3.8, 4) is 11.4 Å². The van der Waals surface area contributed by atoms with E-state index in [1.54, 1.807) is 6.07 Å². The zero-order valence-electron chi connectivity index (χ0n) is 12.5. The predicted octanol–water partition coefficient (Wildman–Crippen LogP) is 2.81. The smallest absolute Gasteiger partial charge is 0.163 e. The van der Waals surface area contributed by atoms with E-state index in [0.717, 1.165) is 18.0 Å². The van der Waals surface area contributed by atoms with Gasteiger partial charge in [0.05, 0.1) is 6.61 Å². The van der Waals surface area contributed by atoms with Crippen molar-refractivity contribution < 1.29 is 4.74 Å². The Morgan fingerprint density at radius 2 is 1.95 bits per heavy atom.